The van der Waals surface area contributed by atoms with Crippen LogP contribution in [-0.4, -0.2) is 0 Å². The molecule has 0 aliphatic carbocycles. The SMILES string of the molecule is Cc1ccc(Cc2ccccc2-c2ccc(N(c3ccc(-c4ccccc4)cc3)c3ccc(-c4cccc5c4oc4ccccc45)cc3)cc2Cc2ccc(C)cc2)cc1. The van der Waals surface area contributed by atoms with Gasteiger partial charge < -0.3 is 9.32 Å². The summed E-state index contributed by atoms with van der Waals surface area (Å²) >= 11 is 0. The van der Waals surface area contributed by atoms with Crippen LogP contribution in [-0.2, 0) is 12.8 Å². The molecular weight excluding hydrogens is 727 g/mol. The van der Waals surface area contributed by atoms with Gasteiger partial charge in [0, 0.05) is 33.4 Å². The van der Waals surface area contributed by atoms with Gasteiger partial charge in [-0.3, -0.25) is 0 Å². The highest BCUT2D eigenvalue weighted by atomic mass is 16.3. The van der Waals surface area contributed by atoms with Crippen molar-refractivity contribution in [3.05, 3.63) is 246 Å². The van der Waals surface area contributed by atoms with Gasteiger partial charge in [-0.05, 0) is 119 Å². The molecule has 10 aromatic rings. The largest absolute Gasteiger partial charge is 0.455 e. The number of hydrogen-bond donors (Lipinski definition) is 0. The highest BCUT2D eigenvalue weighted by molar-refractivity contribution is 6.09. The van der Waals surface area contributed by atoms with Crippen molar-refractivity contribution in [2.75, 3.05) is 4.90 Å². The molecule has 0 fully saturated rings. The van der Waals surface area contributed by atoms with E-state index >= 15 is 0 Å². The topological polar surface area (TPSA) is 16.4 Å². The first-order chi connectivity index (χ1) is 29.5. The Bertz CT molecular complexity index is 3070. The Morgan fingerprint density at radius 3 is 1.58 bits per heavy atom. The number of aryl methyl sites for hydroxylation is 2. The van der Waals surface area contributed by atoms with E-state index < -0.39 is 0 Å². The maximum atomic E-state index is 6.45. The third-order valence-corrected chi connectivity index (χ3v) is 11.8. The molecule has 288 valence electrons. The van der Waals surface area contributed by atoms with Crippen molar-refractivity contribution in [3.63, 3.8) is 0 Å². The third kappa shape index (κ3) is 7.40. The minimum absolute atomic E-state index is 0.809. The Hall–Kier alpha value is -7.42. The quantitative estimate of drug-likeness (QED) is 0.138. The first kappa shape index (κ1) is 36.9. The molecule has 0 N–H and O–H groups in total. The van der Waals surface area contributed by atoms with Crippen LogP contribution in [0.1, 0.15) is 33.4 Å². The monoisotopic (exact) mass is 771 g/mol. The minimum Gasteiger partial charge on any atom is -0.455 e. The first-order valence-corrected chi connectivity index (χ1v) is 20.8. The number of hydrogen-bond acceptors (Lipinski definition) is 2. The number of furan rings is 1. The van der Waals surface area contributed by atoms with E-state index in [1.807, 2.05) is 12.1 Å². The van der Waals surface area contributed by atoms with Gasteiger partial charge >= 0.3 is 0 Å². The van der Waals surface area contributed by atoms with Crippen LogP contribution in [0.15, 0.2) is 217 Å². The van der Waals surface area contributed by atoms with Crippen molar-refractivity contribution in [1.29, 1.82) is 0 Å². The van der Waals surface area contributed by atoms with Gasteiger partial charge in [0.05, 0.1) is 0 Å². The molecule has 60 heavy (non-hydrogen) atoms. The number of para-hydroxylation sites is 2. The number of fused-ring (bicyclic) bond motifs is 3. The molecule has 0 saturated carbocycles. The maximum Gasteiger partial charge on any atom is 0.143 e. The van der Waals surface area contributed by atoms with Crippen molar-refractivity contribution in [1.82, 2.24) is 0 Å². The molecule has 1 aromatic heterocycles. The average Bonchev–Trinajstić information content (AvgIpc) is 3.68. The van der Waals surface area contributed by atoms with E-state index in [-0.39, 0.29) is 0 Å². The highest BCUT2D eigenvalue weighted by Crippen LogP contribution is 2.41. The molecule has 0 saturated heterocycles. The average molecular weight is 772 g/mol. The van der Waals surface area contributed by atoms with Gasteiger partial charge in [0.2, 0.25) is 0 Å². The lowest BCUT2D eigenvalue weighted by Crippen LogP contribution is -2.11. The Morgan fingerprint density at radius 1 is 0.367 bits per heavy atom. The second-order valence-electron chi connectivity index (χ2n) is 15.9. The Balaban J connectivity index is 1.10. The van der Waals surface area contributed by atoms with E-state index in [2.05, 4.69) is 219 Å². The molecule has 0 aliphatic heterocycles. The van der Waals surface area contributed by atoms with Gasteiger partial charge in [-0.1, -0.05) is 181 Å². The van der Waals surface area contributed by atoms with Gasteiger partial charge in [0.15, 0.2) is 0 Å². The summed E-state index contributed by atoms with van der Waals surface area (Å²) in [5.41, 5.74) is 20.0. The van der Waals surface area contributed by atoms with E-state index in [0.717, 1.165) is 63.0 Å². The van der Waals surface area contributed by atoms with Gasteiger partial charge in [0.25, 0.3) is 0 Å². The molecule has 0 unspecified atom stereocenters. The molecule has 1 heterocycles. The molecule has 0 radical (unpaired) electrons. The van der Waals surface area contributed by atoms with Crippen LogP contribution in [0.3, 0.4) is 0 Å². The fraction of sp³-hybridized carbons (Fsp3) is 0.0690. The molecular formula is C58H45NO. The zero-order chi connectivity index (χ0) is 40.4. The lowest BCUT2D eigenvalue weighted by atomic mass is 9.89. The predicted molar refractivity (Wildman–Crippen MR) is 253 cm³/mol. The van der Waals surface area contributed by atoms with E-state index in [0.29, 0.717) is 0 Å². The summed E-state index contributed by atoms with van der Waals surface area (Å²) in [5.74, 6) is 0. The van der Waals surface area contributed by atoms with Crippen LogP contribution < -0.4 is 4.90 Å². The molecule has 0 spiro atoms. The molecule has 0 bridgehead atoms. The number of nitrogens with zero attached hydrogens (tertiary/aromatic N) is 1. The Labute approximate surface area is 352 Å². The van der Waals surface area contributed by atoms with Crippen molar-refractivity contribution >= 4 is 39.0 Å². The van der Waals surface area contributed by atoms with Crippen LogP contribution in [0.25, 0.3) is 55.3 Å². The van der Waals surface area contributed by atoms with Crippen LogP contribution in [0.2, 0.25) is 0 Å². The zero-order valence-electron chi connectivity index (χ0n) is 34.0. The molecule has 0 amide bonds. The third-order valence-electron chi connectivity index (χ3n) is 11.8. The summed E-state index contributed by atoms with van der Waals surface area (Å²) in [6, 6.07) is 77.1. The van der Waals surface area contributed by atoms with Crippen molar-refractivity contribution in [3.8, 4) is 33.4 Å². The van der Waals surface area contributed by atoms with Crippen molar-refractivity contribution in [2.45, 2.75) is 26.7 Å². The molecule has 2 nitrogen and oxygen atoms in total. The summed E-state index contributed by atoms with van der Waals surface area (Å²) in [7, 11) is 0. The number of benzene rings is 9. The van der Waals surface area contributed by atoms with E-state index in [1.54, 1.807) is 0 Å². The van der Waals surface area contributed by atoms with Gasteiger partial charge in [-0.25, -0.2) is 0 Å². The second kappa shape index (κ2) is 16.1. The summed E-state index contributed by atoms with van der Waals surface area (Å²) in [4.78, 5) is 2.39. The van der Waals surface area contributed by atoms with Crippen LogP contribution in [0.4, 0.5) is 17.1 Å². The molecule has 0 aliphatic rings. The van der Waals surface area contributed by atoms with Crippen LogP contribution in [0.5, 0.6) is 0 Å². The minimum atomic E-state index is 0.809. The summed E-state index contributed by atoms with van der Waals surface area (Å²) in [6.45, 7) is 4.30. The van der Waals surface area contributed by atoms with E-state index in [1.165, 1.54) is 55.6 Å². The Morgan fingerprint density at radius 2 is 0.883 bits per heavy atom. The standard InChI is InChI=1S/C58H45NO/c1-40-19-23-42(24-20-40)37-47-13-6-7-14-52(47)53-36-35-51(39-48(53)38-43-25-21-41(2)22-26-43)59(49-31-27-45(28-32-49)44-11-4-3-5-12-44)50-33-29-46(30-34-50)54-16-10-17-56-55-15-8-9-18-57(55)60-58(54)56/h3-36,39H,37-38H2,1-2H3. The van der Waals surface area contributed by atoms with E-state index in [4.69, 9.17) is 4.42 Å². The molecule has 9 aromatic carbocycles. The smallest absolute Gasteiger partial charge is 0.143 e. The predicted octanol–water partition coefficient (Wildman–Crippen LogP) is 15.9. The normalized spacial score (nSPS) is 11.3. The Kier molecular flexibility index (Phi) is 9.89. The highest BCUT2D eigenvalue weighted by Gasteiger charge is 2.19. The number of rotatable bonds is 10. The second-order valence-corrected chi connectivity index (χ2v) is 15.9. The van der Waals surface area contributed by atoms with Gasteiger partial charge in [-0.2, -0.15) is 0 Å². The summed E-state index contributed by atoms with van der Waals surface area (Å²) in [6.07, 6.45) is 1.68. The summed E-state index contributed by atoms with van der Waals surface area (Å²) < 4.78 is 6.45. The lowest BCUT2D eigenvalue weighted by Gasteiger charge is -2.27. The van der Waals surface area contributed by atoms with Crippen LogP contribution >= 0.6 is 0 Å². The molecule has 2 heteroatoms. The van der Waals surface area contributed by atoms with Crippen LogP contribution in [0, 0.1) is 13.8 Å². The molecule has 0 atom stereocenters. The summed E-state index contributed by atoms with van der Waals surface area (Å²) in [5, 5.41) is 2.27. The molecule has 10 rings (SSSR count). The number of anilines is 3. The fourth-order valence-corrected chi connectivity index (χ4v) is 8.56. The fourth-order valence-electron chi connectivity index (χ4n) is 8.56. The maximum absolute atomic E-state index is 6.45. The van der Waals surface area contributed by atoms with E-state index in [9.17, 15) is 0 Å². The first-order valence-electron chi connectivity index (χ1n) is 20.8. The van der Waals surface area contributed by atoms with Gasteiger partial charge in [0.1, 0.15) is 11.2 Å². The van der Waals surface area contributed by atoms with Crippen molar-refractivity contribution < 1.29 is 4.42 Å². The van der Waals surface area contributed by atoms with Gasteiger partial charge in [-0.15, -0.1) is 0 Å². The zero-order valence-corrected chi connectivity index (χ0v) is 34.0. The van der Waals surface area contributed by atoms with Crippen molar-refractivity contribution in [2.24, 2.45) is 0 Å². The lowest BCUT2D eigenvalue weighted by molar-refractivity contribution is 0.670.